The molecule has 680 valence electrons. The summed E-state index contributed by atoms with van der Waals surface area (Å²) in [6, 6.07) is 171. The van der Waals surface area contributed by atoms with Crippen molar-refractivity contribution >= 4 is 162 Å². The largest absolute Gasteiger partial charge is 0.309 e. The zero-order valence-corrected chi connectivity index (χ0v) is 79.1. The number of rotatable bonds is 14. The Hall–Kier alpha value is -20.0. The smallest absolute Gasteiger partial charge is 0.164 e. The van der Waals surface area contributed by atoms with Crippen LogP contribution in [0.5, 0.6) is 0 Å². The maximum absolute atomic E-state index is 5.07. The maximum Gasteiger partial charge on any atom is 0.164 e. The molecule has 6 aromatic heterocycles. The van der Waals surface area contributed by atoms with Gasteiger partial charge in [-0.25, -0.2) is 44.9 Å². The first-order valence-corrected chi connectivity index (χ1v) is 49.8. The van der Waals surface area contributed by atoms with Gasteiger partial charge in [-0.15, -0.1) is 0 Å². The van der Waals surface area contributed by atoms with Gasteiger partial charge in [0, 0.05) is 116 Å². The van der Waals surface area contributed by atoms with E-state index in [0.29, 0.717) is 52.4 Å². The summed E-state index contributed by atoms with van der Waals surface area (Å²) in [6.07, 6.45) is 0. The minimum atomic E-state index is 0.641. The van der Waals surface area contributed by atoms with E-state index >= 15 is 0 Å². The van der Waals surface area contributed by atoms with Crippen LogP contribution in [0.2, 0.25) is 0 Å². The molecule has 32 rings (SSSR count). The van der Waals surface area contributed by atoms with Gasteiger partial charge in [-0.1, -0.05) is 370 Å². The second-order valence-corrected chi connectivity index (χ2v) is 38.1. The summed E-state index contributed by atoms with van der Waals surface area (Å²) in [5, 5.41) is 31.6. The monoisotopic (exact) mass is 1870 g/mol. The molecular formula is C135H80N12. The molecular weight excluding hydrogens is 1790 g/mol. The maximum atomic E-state index is 5.07. The van der Waals surface area contributed by atoms with Gasteiger partial charge in [0.2, 0.25) is 0 Å². The first-order valence-electron chi connectivity index (χ1n) is 49.8. The second-order valence-electron chi connectivity index (χ2n) is 38.1. The standard InChI is InChI=1S/2C47H28N4.C41H24N4/c1-3-10-29(11-4-1)34-15-7-16-35(28-34)47-49-45(32-12-5-2-6-13-32)48-46(50-47)33-22-25-36(26-23-33)51-39-19-9-18-38-37-17-8-14-30-20-21-31-24-27-40(51)44(43(38)39)42(31)41(30)37;1-3-9-29(10-4-1)30-17-21-34(22-18-30)46-48-45(33-11-5-2-6-12-33)49-47(50-46)35-23-26-36(27-24-35)51-39-16-8-15-38-37-14-7-13-31-19-20-32-25-28-40(51)44(43(38)39)42(32)41(31)37;1-3-9-27(10-4-1)39-42-40(28-11-5-2-6-12-28)44-41(43-39)29-19-22-30(23-20-29)45-33-16-8-15-32-31-14-7-13-25-17-18-26-21-24-34(45)38(37(32)33)36(26)35(25)31/h2*1-28H;1-24H. The second kappa shape index (κ2) is 33.4. The van der Waals surface area contributed by atoms with E-state index in [1.807, 2.05) is 133 Å². The van der Waals surface area contributed by atoms with Gasteiger partial charge in [0.25, 0.3) is 0 Å². The van der Waals surface area contributed by atoms with E-state index < -0.39 is 0 Å². The Bertz CT molecular complexity index is 10600. The topological polar surface area (TPSA) is 131 Å². The fourth-order valence-electron chi connectivity index (χ4n) is 23.2. The third-order valence-electron chi connectivity index (χ3n) is 29.9. The number of fused-ring (bicyclic) bond motifs is 3. The van der Waals surface area contributed by atoms with Crippen LogP contribution in [-0.4, -0.2) is 58.6 Å². The SMILES string of the molecule is c1ccc(-c2ccc(-c3nc(-c4ccccc4)nc(-c4ccc(-n5c6cccc7c8cccc9ccc%10ccc5c(c%10c98)c76)cc4)n3)cc2)cc1.c1ccc(-c2cccc(-c3nc(-c4ccccc4)nc(-c4ccc(-n5c6cccc7c8cccc9ccc%10ccc5c(c%10c98)c76)cc4)n3)c2)cc1.c1ccc(-c2nc(-c3ccccc3)nc(-c3ccc(-n4c5cccc6c7cccc8ccc9ccc4c(c9c87)c65)cc3)n2)cc1. The van der Waals surface area contributed by atoms with Gasteiger partial charge < -0.3 is 13.7 Å². The van der Waals surface area contributed by atoms with Crippen molar-refractivity contribution in [2.24, 2.45) is 0 Å². The van der Waals surface area contributed by atoms with Crippen molar-refractivity contribution in [2.45, 2.75) is 0 Å². The third-order valence-corrected chi connectivity index (χ3v) is 29.9. The molecule has 0 N–H and O–H groups in total. The summed E-state index contributed by atoms with van der Waals surface area (Å²) in [5.74, 6) is 5.85. The fourth-order valence-corrected chi connectivity index (χ4v) is 23.2. The molecule has 0 amide bonds. The Kier molecular flexibility index (Phi) is 18.8. The van der Waals surface area contributed by atoms with Gasteiger partial charge in [-0.3, -0.25) is 0 Å². The minimum Gasteiger partial charge on any atom is -0.309 e. The molecule has 0 atom stereocenters. The number of hydrogen-bond acceptors (Lipinski definition) is 9. The summed E-state index contributed by atoms with van der Waals surface area (Å²) >= 11 is 0. The highest BCUT2D eigenvalue weighted by molar-refractivity contribution is 6.43. The Morgan fingerprint density at radius 3 is 0.578 bits per heavy atom. The minimum absolute atomic E-state index is 0.641. The van der Waals surface area contributed by atoms with E-state index in [1.54, 1.807) is 0 Å². The Morgan fingerprint density at radius 1 is 0.109 bits per heavy atom. The van der Waals surface area contributed by atoms with Crippen LogP contribution in [0.15, 0.2) is 485 Å². The summed E-state index contributed by atoms with van der Waals surface area (Å²) in [7, 11) is 0. The van der Waals surface area contributed by atoms with E-state index in [-0.39, 0.29) is 0 Å². The zero-order valence-electron chi connectivity index (χ0n) is 79.1. The molecule has 26 aromatic carbocycles. The van der Waals surface area contributed by atoms with Crippen LogP contribution in [0.25, 0.3) is 304 Å². The van der Waals surface area contributed by atoms with E-state index in [2.05, 4.69) is 366 Å². The number of hydrogen-bond donors (Lipinski definition) is 0. The molecule has 0 bridgehead atoms. The van der Waals surface area contributed by atoms with Crippen molar-refractivity contribution in [1.29, 1.82) is 0 Å². The van der Waals surface area contributed by atoms with Gasteiger partial charge in [-0.05, 0) is 218 Å². The van der Waals surface area contributed by atoms with Crippen LogP contribution in [0, 0.1) is 0 Å². The lowest BCUT2D eigenvalue weighted by Crippen LogP contribution is -2.00. The number of benzene rings is 26. The molecule has 12 nitrogen and oxygen atoms in total. The highest BCUT2D eigenvalue weighted by Crippen LogP contribution is 2.52. The average molecular weight is 1870 g/mol. The molecule has 6 heterocycles. The van der Waals surface area contributed by atoms with E-state index in [1.165, 1.54) is 168 Å². The van der Waals surface area contributed by atoms with Gasteiger partial charge in [0.1, 0.15) is 0 Å². The van der Waals surface area contributed by atoms with E-state index in [0.717, 1.165) is 83.8 Å². The molecule has 0 aliphatic rings. The van der Waals surface area contributed by atoms with Gasteiger partial charge >= 0.3 is 0 Å². The first-order chi connectivity index (χ1) is 72.9. The van der Waals surface area contributed by atoms with E-state index in [9.17, 15) is 0 Å². The van der Waals surface area contributed by atoms with E-state index in [4.69, 9.17) is 44.9 Å². The van der Waals surface area contributed by atoms with Crippen molar-refractivity contribution < 1.29 is 0 Å². The number of aromatic nitrogens is 12. The summed E-state index contributed by atoms with van der Waals surface area (Å²) in [5.41, 5.74) is 23.7. The Morgan fingerprint density at radius 2 is 0.293 bits per heavy atom. The van der Waals surface area contributed by atoms with Gasteiger partial charge in [0.15, 0.2) is 52.4 Å². The molecule has 0 aliphatic carbocycles. The molecule has 0 aliphatic heterocycles. The van der Waals surface area contributed by atoms with Crippen LogP contribution >= 0.6 is 0 Å². The van der Waals surface area contributed by atoms with Gasteiger partial charge in [-0.2, -0.15) is 0 Å². The Labute approximate surface area is 842 Å². The fraction of sp³-hybridized carbons (Fsp3) is 0. The predicted octanol–water partition coefficient (Wildman–Crippen LogP) is 34.2. The predicted molar refractivity (Wildman–Crippen MR) is 607 cm³/mol. The summed E-state index contributed by atoms with van der Waals surface area (Å²) in [6.45, 7) is 0. The van der Waals surface area contributed by atoms with Crippen LogP contribution in [-0.2, 0) is 0 Å². The molecule has 0 saturated heterocycles. The van der Waals surface area contributed by atoms with Crippen LogP contribution < -0.4 is 0 Å². The highest BCUT2D eigenvalue weighted by Gasteiger charge is 2.29. The third kappa shape index (κ3) is 13.4. The van der Waals surface area contributed by atoms with Crippen LogP contribution in [0.4, 0.5) is 0 Å². The lowest BCUT2D eigenvalue weighted by Gasteiger charge is -2.13. The average Bonchev–Trinajstić information content (AvgIpc) is 1.55. The summed E-state index contributed by atoms with van der Waals surface area (Å²) in [4.78, 5) is 44.8. The molecule has 12 heteroatoms. The first kappa shape index (κ1) is 82.9. The molecule has 0 saturated carbocycles. The molecule has 0 fully saturated rings. The quantitative estimate of drug-likeness (QED) is 0.0771. The van der Waals surface area contributed by atoms with Gasteiger partial charge in [0.05, 0.1) is 33.1 Å². The van der Waals surface area contributed by atoms with Crippen LogP contribution in [0.1, 0.15) is 0 Å². The lowest BCUT2D eigenvalue weighted by molar-refractivity contribution is 1.07. The highest BCUT2D eigenvalue weighted by atomic mass is 15.1. The lowest BCUT2D eigenvalue weighted by atomic mass is 9.89. The Balaban J connectivity index is 0.000000102. The van der Waals surface area contributed by atoms with Crippen molar-refractivity contribution in [3.8, 4) is 142 Å². The normalized spacial score (nSPS) is 11.9. The molecule has 32 aromatic rings. The molecule has 0 radical (unpaired) electrons. The van der Waals surface area contributed by atoms with Crippen molar-refractivity contribution in [1.82, 2.24) is 58.6 Å². The van der Waals surface area contributed by atoms with Crippen LogP contribution in [0.3, 0.4) is 0 Å². The molecule has 0 spiro atoms. The van der Waals surface area contributed by atoms with Crippen molar-refractivity contribution in [3.05, 3.63) is 485 Å². The zero-order chi connectivity index (χ0) is 96.4. The van der Waals surface area contributed by atoms with Crippen molar-refractivity contribution in [3.63, 3.8) is 0 Å². The summed E-state index contributed by atoms with van der Waals surface area (Å²) < 4.78 is 7.22. The molecule has 0 unspecified atom stereocenters. The number of nitrogens with zero attached hydrogens (tertiary/aromatic N) is 12. The van der Waals surface area contributed by atoms with Crippen molar-refractivity contribution in [2.75, 3.05) is 0 Å². The molecule has 147 heavy (non-hydrogen) atoms.